The fraction of sp³-hybridized carbons (Fsp3) is 0.474. The van der Waals surface area contributed by atoms with Crippen LogP contribution in [-0.2, 0) is 11.2 Å². The van der Waals surface area contributed by atoms with Crippen molar-refractivity contribution >= 4 is 11.8 Å². The average molecular weight is 355 g/mol. The van der Waals surface area contributed by atoms with E-state index >= 15 is 0 Å². The minimum atomic E-state index is -0.277. The summed E-state index contributed by atoms with van der Waals surface area (Å²) in [6.07, 6.45) is 3.93. The van der Waals surface area contributed by atoms with Gasteiger partial charge in [0.1, 0.15) is 0 Å². The van der Waals surface area contributed by atoms with Gasteiger partial charge in [-0.3, -0.25) is 9.59 Å². The van der Waals surface area contributed by atoms with E-state index in [1.54, 1.807) is 0 Å². The lowest BCUT2D eigenvalue weighted by Gasteiger charge is -2.29. The molecule has 0 radical (unpaired) electrons. The van der Waals surface area contributed by atoms with Crippen molar-refractivity contribution in [2.45, 2.75) is 45.1 Å². The number of aromatic nitrogens is 3. The summed E-state index contributed by atoms with van der Waals surface area (Å²) < 4.78 is 0. The van der Waals surface area contributed by atoms with Crippen LogP contribution < -0.4 is 5.32 Å². The number of carbonyl (C=O) groups is 2. The lowest BCUT2D eigenvalue weighted by molar-refractivity contribution is -0.133. The van der Waals surface area contributed by atoms with Gasteiger partial charge in [0, 0.05) is 19.1 Å². The highest BCUT2D eigenvalue weighted by molar-refractivity contribution is 5.92. The van der Waals surface area contributed by atoms with Crippen LogP contribution in [-0.4, -0.2) is 51.3 Å². The molecule has 1 aliphatic carbocycles. The van der Waals surface area contributed by atoms with Crippen molar-refractivity contribution in [3.05, 3.63) is 47.3 Å². The van der Waals surface area contributed by atoms with Gasteiger partial charge in [0.15, 0.2) is 5.69 Å². The number of aryl methyl sites for hydroxylation is 1. The third-order valence-electron chi connectivity index (χ3n) is 5.04. The highest BCUT2D eigenvalue weighted by atomic mass is 16.2. The Hall–Kier alpha value is -2.70. The van der Waals surface area contributed by atoms with Gasteiger partial charge in [-0.2, -0.15) is 15.4 Å². The Bertz CT molecular complexity index is 759. The maximum absolute atomic E-state index is 13.1. The first-order chi connectivity index (χ1) is 12.6. The Morgan fingerprint density at radius 2 is 2.15 bits per heavy atom. The van der Waals surface area contributed by atoms with E-state index in [2.05, 4.69) is 32.9 Å². The largest absolute Gasteiger partial charge is 0.346 e. The van der Waals surface area contributed by atoms with Gasteiger partial charge in [-0.15, -0.1) is 0 Å². The van der Waals surface area contributed by atoms with Gasteiger partial charge in [-0.05, 0) is 37.3 Å². The number of nitrogens with one attached hydrogen (secondary N) is 2. The van der Waals surface area contributed by atoms with Crippen LogP contribution in [0.2, 0.25) is 0 Å². The highest BCUT2D eigenvalue weighted by Crippen LogP contribution is 2.34. The van der Waals surface area contributed by atoms with Crippen molar-refractivity contribution in [3.63, 3.8) is 0 Å². The number of aromatic amines is 1. The molecule has 7 nitrogen and oxygen atoms in total. The number of hydrogen-bond donors (Lipinski definition) is 2. The molecule has 138 valence electrons. The second kappa shape index (κ2) is 8.12. The standard InChI is InChI=1S/C19H25N5O2/c1-3-14(21-18(25)17-11-20-23-22-17)12-24(4-2)19(26)16-10-9-13-7-5-6-8-15(13)16/h5-8,11,14,16H,3-4,9-10,12H2,1-2H3,(H,21,25)(H,20,22,23)/t14-,16?/m0/s1. The first-order valence-corrected chi connectivity index (χ1v) is 9.17. The van der Waals surface area contributed by atoms with E-state index < -0.39 is 0 Å². The molecule has 1 aliphatic rings. The molecule has 0 saturated heterocycles. The van der Waals surface area contributed by atoms with Crippen LogP contribution in [0.5, 0.6) is 0 Å². The maximum Gasteiger partial charge on any atom is 0.273 e. The summed E-state index contributed by atoms with van der Waals surface area (Å²) >= 11 is 0. The number of benzene rings is 1. The number of carbonyl (C=O) groups excluding carboxylic acids is 2. The third kappa shape index (κ3) is 3.76. The van der Waals surface area contributed by atoms with E-state index in [9.17, 15) is 9.59 Å². The van der Waals surface area contributed by atoms with Crippen LogP contribution in [0, 0.1) is 0 Å². The van der Waals surface area contributed by atoms with Gasteiger partial charge in [0.05, 0.1) is 12.1 Å². The van der Waals surface area contributed by atoms with Crippen molar-refractivity contribution in [1.82, 2.24) is 25.6 Å². The molecule has 1 unspecified atom stereocenters. The molecule has 7 heteroatoms. The van der Waals surface area contributed by atoms with Crippen LogP contribution in [0.4, 0.5) is 0 Å². The van der Waals surface area contributed by atoms with Crippen LogP contribution in [0.15, 0.2) is 30.5 Å². The molecule has 1 heterocycles. The Morgan fingerprint density at radius 3 is 2.85 bits per heavy atom. The number of H-pyrrole nitrogens is 1. The van der Waals surface area contributed by atoms with Crippen LogP contribution in [0.3, 0.4) is 0 Å². The van der Waals surface area contributed by atoms with Gasteiger partial charge in [-0.1, -0.05) is 31.2 Å². The Balaban J connectivity index is 1.66. The smallest absolute Gasteiger partial charge is 0.273 e. The van der Waals surface area contributed by atoms with Crippen LogP contribution in [0.25, 0.3) is 0 Å². The average Bonchev–Trinajstić information content (AvgIpc) is 3.34. The molecule has 0 bridgehead atoms. The molecule has 3 rings (SSSR count). The summed E-state index contributed by atoms with van der Waals surface area (Å²) in [6.45, 7) is 5.09. The zero-order valence-corrected chi connectivity index (χ0v) is 15.2. The topological polar surface area (TPSA) is 91.0 Å². The molecule has 1 aromatic carbocycles. The van der Waals surface area contributed by atoms with E-state index in [4.69, 9.17) is 0 Å². The molecule has 2 N–H and O–H groups in total. The molecule has 0 saturated carbocycles. The summed E-state index contributed by atoms with van der Waals surface area (Å²) in [7, 11) is 0. The molecule has 0 aliphatic heterocycles. The molecule has 2 aromatic rings. The SMILES string of the molecule is CC[C@@H](CN(CC)C(=O)C1CCc2ccccc21)NC(=O)c1cn[nH]n1. The van der Waals surface area contributed by atoms with E-state index in [0.717, 1.165) is 24.8 Å². The van der Waals surface area contributed by atoms with E-state index in [1.807, 2.05) is 30.9 Å². The number of hydrogen-bond acceptors (Lipinski definition) is 4. The zero-order valence-electron chi connectivity index (χ0n) is 15.2. The van der Waals surface area contributed by atoms with Gasteiger partial charge in [-0.25, -0.2) is 0 Å². The molecule has 26 heavy (non-hydrogen) atoms. The van der Waals surface area contributed by atoms with E-state index in [0.29, 0.717) is 13.1 Å². The fourth-order valence-corrected chi connectivity index (χ4v) is 3.52. The molecule has 2 amide bonds. The lowest BCUT2D eigenvalue weighted by atomic mass is 9.99. The van der Waals surface area contributed by atoms with Crippen LogP contribution in [0.1, 0.15) is 54.2 Å². The second-order valence-corrected chi connectivity index (χ2v) is 6.60. The quantitative estimate of drug-likeness (QED) is 0.793. The van der Waals surface area contributed by atoms with Gasteiger partial charge < -0.3 is 10.2 Å². The first-order valence-electron chi connectivity index (χ1n) is 9.17. The highest BCUT2D eigenvalue weighted by Gasteiger charge is 2.32. The number of likely N-dealkylation sites (N-methyl/N-ethyl adjacent to an activating group) is 1. The summed E-state index contributed by atoms with van der Waals surface area (Å²) in [5, 5.41) is 12.8. The number of amides is 2. The van der Waals surface area contributed by atoms with Crippen molar-refractivity contribution in [2.24, 2.45) is 0 Å². The predicted octanol–water partition coefficient (Wildman–Crippen LogP) is 1.89. The summed E-state index contributed by atoms with van der Waals surface area (Å²) in [6, 6.07) is 8.05. The molecule has 1 aromatic heterocycles. The van der Waals surface area contributed by atoms with Gasteiger partial charge >= 0.3 is 0 Å². The third-order valence-corrected chi connectivity index (χ3v) is 5.04. The second-order valence-electron chi connectivity index (χ2n) is 6.60. The Kier molecular flexibility index (Phi) is 5.65. The zero-order chi connectivity index (χ0) is 18.5. The molecule has 2 atom stereocenters. The number of fused-ring (bicyclic) bond motifs is 1. The summed E-state index contributed by atoms with van der Waals surface area (Å²) in [5.41, 5.74) is 2.67. The molecular formula is C19H25N5O2. The number of nitrogens with zero attached hydrogens (tertiary/aromatic N) is 3. The summed E-state index contributed by atoms with van der Waals surface area (Å²) in [5.74, 6) is -0.207. The number of rotatable bonds is 7. The van der Waals surface area contributed by atoms with Crippen molar-refractivity contribution in [3.8, 4) is 0 Å². The fourth-order valence-electron chi connectivity index (χ4n) is 3.52. The van der Waals surface area contributed by atoms with Crippen molar-refractivity contribution in [2.75, 3.05) is 13.1 Å². The van der Waals surface area contributed by atoms with Crippen molar-refractivity contribution < 1.29 is 9.59 Å². The van der Waals surface area contributed by atoms with E-state index in [-0.39, 0.29) is 29.5 Å². The molecule has 0 spiro atoms. The Morgan fingerprint density at radius 1 is 1.35 bits per heavy atom. The normalized spacial score (nSPS) is 16.8. The Labute approximate surface area is 153 Å². The lowest BCUT2D eigenvalue weighted by Crippen LogP contribution is -2.46. The monoisotopic (exact) mass is 355 g/mol. The minimum Gasteiger partial charge on any atom is -0.346 e. The van der Waals surface area contributed by atoms with Gasteiger partial charge in [0.2, 0.25) is 5.91 Å². The summed E-state index contributed by atoms with van der Waals surface area (Å²) in [4.78, 5) is 27.1. The van der Waals surface area contributed by atoms with E-state index in [1.165, 1.54) is 11.8 Å². The molecular weight excluding hydrogens is 330 g/mol. The van der Waals surface area contributed by atoms with Crippen LogP contribution >= 0.6 is 0 Å². The minimum absolute atomic E-state index is 0.0742. The van der Waals surface area contributed by atoms with Crippen molar-refractivity contribution in [1.29, 1.82) is 0 Å². The predicted molar refractivity (Wildman–Crippen MR) is 97.7 cm³/mol. The maximum atomic E-state index is 13.1. The van der Waals surface area contributed by atoms with Gasteiger partial charge in [0.25, 0.3) is 5.91 Å². The first kappa shape index (κ1) is 18.1. The molecule has 0 fully saturated rings.